The lowest BCUT2D eigenvalue weighted by Gasteiger charge is -2.20. The fourth-order valence-corrected chi connectivity index (χ4v) is 4.72. The van der Waals surface area contributed by atoms with Crippen molar-refractivity contribution in [1.29, 1.82) is 0 Å². The maximum atomic E-state index is 15.3. The van der Waals surface area contributed by atoms with Gasteiger partial charge in [-0.2, -0.15) is 0 Å². The number of likely N-dealkylation sites (N-methyl/N-ethyl adjacent to an activating group) is 1. The Labute approximate surface area is 221 Å². The third kappa shape index (κ3) is 5.32. The second-order valence-corrected chi connectivity index (χ2v) is 9.71. The Morgan fingerprint density at radius 3 is 2.82 bits per heavy atom. The summed E-state index contributed by atoms with van der Waals surface area (Å²) >= 11 is 0. The standard InChI is InChI=1S/C28H32FN7O2/c1-17(37)31-24-14-18(13-22(29)27(24)30-10-11-35(2)3)32-28-33-23-9-12-38-16-21(23)26(34-28)20-15-36(4)25-8-6-5-7-19(20)25/h5-8,13-15,30H,9-12,16H2,1-4H3,(H,31,37)(H,32,33,34). The van der Waals surface area contributed by atoms with Gasteiger partial charge in [0.05, 0.1) is 36.0 Å². The first kappa shape index (κ1) is 25.6. The molecule has 1 amide bonds. The number of carbonyl (C=O) groups is 1. The van der Waals surface area contributed by atoms with Crippen LogP contribution in [0.2, 0.25) is 0 Å². The normalized spacial score (nSPS) is 13.0. The number of aromatic nitrogens is 3. The van der Waals surface area contributed by atoms with Gasteiger partial charge in [0.15, 0.2) is 5.82 Å². The first-order valence-electron chi connectivity index (χ1n) is 12.6. The molecular weight excluding hydrogens is 485 g/mol. The molecular formula is C28H32FN7O2. The molecule has 10 heteroatoms. The molecule has 0 spiro atoms. The molecule has 0 radical (unpaired) electrons. The molecule has 0 fully saturated rings. The van der Waals surface area contributed by atoms with Crippen LogP contribution in [0.5, 0.6) is 0 Å². The minimum atomic E-state index is -0.488. The Balaban J connectivity index is 1.54. The third-order valence-electron chi connectivity index (χ3n) is 6.49. The van der Waals surface area contributed by atoms with Crippen molar-refractivity contribution < 1.29 is 13.9 Å². The van der Waals surface area contributed by atoms with Crippen LogP contribution >= 0.6 is 0 Å². The molecule has 4 aromatic rings. The van der Waals surface area contributed by atoms with E-state index >= 15 is 4.39 Å². The van der Waals surface area contributed by atoms with Gasteiger partial charge in [-0.15, -0.1) is 0 Å². The summed E-state index contributed by atoms with van der Waals surface area (Å²) in [4.78, 5) is 23.5. The number of nitrogens with zero attached hydrogens (tertiary/aromatic N) is 4. The topological polar surface area (TPSA) is 96.3 Å². The number of amides is 1. The number of aryl methyl sites for hydroxylation is 1. The van der Waals surface area contributed by atoms with E-state index < -0.39 is 5.82 Å². The van der Waals surface area contributed by atoms with E-state index in [9.17, 15) is 4.79 Å². The van der Waals surface area contributed by atoms with Crippen molar-refractivity contribution in [2.45, 2.75) is 20.0 Å². The number of fused-ring (bicyclic) bond motifs is 2. The molecule has 2 aromatic carbocycles. The van der Waals surface area contributed by atoms with Gasteiger partial charge in [-0.05, 0) is 32.3 Å². The predicted molar refractivity (Wildman–Crippen MR) is 148 cm³/mol. The molecule has 0 atom stereocenters. The summed E-state index contributed by atoms with van der Waals surface area (Å²) in [6.45, 7) is 3.64. The number of halogens is 1. The van der Waals surface area contributed by atoms with Crippen molar-refractivity contribution in [2.75, 3.05) is 49.7 Å². The van der Waals surface area contributed by atoms with Crippen LogP contribution in [0.1, 0.15) is 18.2 Å². The minimum absolute atomic E-state index is 0.243. The Morgan fingerprint density at radius 1 is 1.21 bits per heavy atom. The van der Waals surface area contributed by atoms with Crippen LogP contribution in [0.4, 0.5) is 27.4 Å². The summed E-state index contributed by atoms with van der Waals surface area (Å²) < 4.78 is 23.1. The summed E-state index contributed by atoms with van der Waals surface area (Å²) in [6.07, 6.45) is 2.72. The first-order chi connectivity index (χ1) is 18.3. The van der Waals surface area contributed by atoms with Crippen LogP contribution in [-0.4, -0.2) is 59.1 Å². The predicted octanol–water partition coefficient (Wildman–Crippen LogP) is 4.52. The highest BCUT2D eigenvalue weighted by Gasteiger charge is 2.22. The Bertz CT molecular complexity index is 1500. The zero-order valence-corrected chi connectivity index (χ0v) is 22.1. The first-order valence-corrected chi connectivity index (χ1v) is 12.6. The van der Waals surface area contributed by atoms with Gasteiger partial charge in [0, 0.05) is 67.4 Å². The number of hydrogen-bond acceptors (Lipinski definition) is 7. The SMILES string of the molecule is CC(=O)Nc1cc(Nc2nc3c(c(-c4cn(C)c5ccccc45)n2)COCC3)cc(F)c1NCCN(C)C. The molecule has 0 bridgehead atoms. The number of para-hydroxylation sites is 1. The van der Waals surface area contributed by atoms with Crippen molar-refractivity contribution in [3.8, 4) is 11.3 Å². The maximum absolute atomic E-state index is 15.3. The van der Waals surface area contributed by atoms with Crippen LogP contribution in [0.3, 0.4) is 0 Å². The Morgan fingerprint density at radius 2 is 2.03 bits per heavy atom. The molecule has 0 aliphatic carbocycles. The van der Waals surface area contributed by atoms with E-state index in [4.69, 9.17) is 14.7 Å². The minimum Gasteiger partial charge on any atom is -0.380 e. The van der Waals surface area contributed by atoms with Crippen molar-refractivity contribution in [3.63, 3.8) is 0 Å². The summed E-state index contributed by atoms with van der Waals surface area (Å²) in [5, 5.41) is 10.1. The van der Waals surface area contributed by atoms with Gasteiger partial charge in [-0.3, -0.25) is 4.79 Å². The molecule has 2 aromatic heterocycles. The maximum Gasteiger partial charge on any atom is 0.228 e. The average molecular weight is 518 g/mol. The number of hydrogen-bond donors (Lipinski definition) is 3. The van der Waals surface area contributed by atoms with Crippen LogP contribution < -0.4 is 16.0 Å². The quantitative estimate of drug-likeness (QED) is 0.316. The monoisotopic (exact) mass is 517 g/mol. The number of anilines is 4. The van der Waals surface area contributed by atoms with Crippen molar-refractivity contribution in [3.05, 3.63) is 59.7 Å². The van der Waals surface area contributed by atoms with Gasteiger partial charge in [0.2, 0.25) is 11.9 Å². The van der Waals surface area contributed by atoms with E-state index in [1.54, 1.807) is 6.07 Å². The Hall–Kier alpha value is -4.02. The molecule has 0 saturated heterocycles. The molecule has 38 heavy (non-hydrogen) atoms. The number of carbonyl (C=O) groups excluding carboxylic acids is 1. The second kappa shape index (κ2) is 10.8. The van der Waals surface area contributed by atoms with Gasteiger partial charge < -0.3 is 30.2 Å². The van der Waals surface area contributed by atoms with Crippen molar-refractivity contribution in [1.82, 2.24) is 19.4 Å². The lowest BCUT2D eigenvalue weighted by Crippen LogP contribution is -2.22. The molecule has 9 nitrogen and oxygen atoms in total. The van der Waals surface area contributed by atoms with Gasteiger partial charge in [0.1, 0.15) is 0 Å². The molecule has 3 N–H and O–H groups in total. The van der Waals surface area contributed by atoms with E-state index in [1.807, 2.05) is 38.2 Å². The summed E-state index contributed by atoms with van der Waals surface area (Å²) in [7, 11) is 5.89. The highest BCUT2D eigenvalue weighted by molar-refractivity contribution is 5.96. The second-order valence-electron chi connectivity index (χ2n) is 9.71. The van der Waals surface area contributed by atoms with Gasteiger partial charge in [-0.1, -0.05) is 18.2 Å². The molecule has 198 valence electrons. The highest BCUT2D eigenvalue weighted by Crippen LogP contribution is 2.36. The number of rotatable bonds is 8. The smallest absolute Gasteiger partial charge is 0.228 e. The fourth-order valence-electron chi connectivity index (χ4n) is 4.72. The van der Waals surface area contributed by atoms with Gasteiger partial charge in [-0.25, -0.2) is 14.4 Å². The number of benzene rings is 2. The van der Waals surface area contributed by atoms with Gasteiger partial charge >= 0.3 is 0 Å². The summed E-state index contributed by atoms with van der Waals surface area (Å²) in [5.74, 6) is -0.422. The lowest BCUT2D eigenvalue weighted by atomic mass is 10.0. The molecule has 1 aliphatic heterocycles. The van der Waals surface area contributed by atoms with E-state index in [0.717, 1.165) is 33.4 Å². The largest absolute Gasteiger partial charge is 0.380 e. The number of ether oxygens (including phenoxy) is 1. The van der Waals surface area contributed by atoms with Crippen molar-refractivity contribution >= 4 is 39.8 Å². The Kier molecular flexibility index (Phi) is 7.26. The zero-order valence-electron chi connectivity index (χ0n) is 22.1. The average Bonchev–Trinajstić information content (AvgIpc) is 3.21. The van der Waals surface area contributed by atoms with E-state index in [1.165, 1.54) is 13.0 Å². The van der Waals surface area contributed by atoms with Crippen LogP contribution in [0.25, 0.3) is 22.2 Å². The lowest BCUT2D eigenvalue weighted by molar-refractivity contribution is -0.114. The van der Waals surface area contributed by atoms with E-state index in [-0.39, 0.29) is 11.6 Å². The van der Waals surface area contributed by atoms with Crippen LogP contribution in [0, 0.1) is 5.82 Å². The van der Waals surface area contributed by atoms with Gasteiger partial charge in [0.25, 0.3) is 0 Å². The fraction of sp³-hybridized carbons (Fsp3) is 0.321. The van der Waals surface area contributed by atoms with Crippen LogP contribution in [0.15, 0.2) is 42.6 Å². The third-order valence-corrected chi connectivity index (χ3v) is 6.49. The summed E-state index contributed by atoms with van der Waals surface area (Å²) in [6, 6.07) is 11.2. The van der Waals surface area contributed by atoms with E-state index in [2.05, 4.69) is 38.8 Å². The highest BCUT2D eigenvalue weighted by atomic mass is 19.1. The summed E-state index contributed by atoms with van der Waals surface area (Å²) in [5.41, 5.74) is 5.76. The van der Waals surface area contributed by atoms with Crippen molar-refractivity contribution in [2.24, 2.45) is 7.05 Å². The molecule has 1 aliphatic rings. The molecule has 0 unspecified atom stereocenters. The number of nitrogens with one attached hydrogen (secondary N) is 3. The van der Waals surface area contributed by atoms with Crippen LogP contribution in [-0.2, 0) is 29.6 Å². The molecule has 5 rings (SSSR count). The van der Waals surface area contributed by atoms with E-state index in [0.29, 0.717) is 50.0 Å². The molecule has 0 saturated carbocycles. The zero-order chi connectivity index (χ0) is 26.8. The molecule has 3 heterocycles.